The van der Waals surface area contributed by atoms with Gasteiger partial charge < -0.3 is 19.6 Å². The van der Waals surface area contributed by atoms with Gasteiger partial charge in [-0.2, -0.15) is 0 Å². The summed E-state index contributed by atoms with van der Waals surface area (Å²) in [5.74, 6) is -0.892. The molecular weight excluding hydrogens is 274 g/mol. The lowest BCUT2D eigenvalue weighted by Crippen LogP contribution is -2.23. The highest BCUT2D eigenvalue weighted by atomic mass is 16.5. The van der Waals surface area contributed by atoms with Crippen molar-refractivity contribution < 1.29 is 23.8 Å². The van der Waals surface area contributed by atoms with E-state index in [0.717, 1.165) is 5.56 Å². The molecule has 0 saturated carbocycles. The van der Waals surface area contributed by atoms with Crippen LogP contribution in [0.3, 0.4) is 0 Å². The predicted octanol–water partition coefficient (Wildman–Crippen LogP) is 2.71. The van der Waals surface area contributed by atoms with E-state index in [9.17, 15) is 9.59 Å². The molecule has 0 bridgehead atoms. The molecule has 0 spiro atoms. The van der Waals surface area contributed by atoms with Gasteiger partial charge in [0.15, 0.2) is 0 Å². The van der Waals surface area contributed by atoms with Crippen LogP contribution in [0.15, 0.2) is 40.8 Å². The molecule has 6 heteroatoms. The fourth-order valence-electron chi connectivity index (χ4n) is 1.78. The van der Waals surface area contributed by atoms with Crippen LogP contribution in [0.2, 0.25) is 0 Å². The average molecular weight is 289 g/mol. The molecule has 2 aromatic rings. The molecule has 110 valence electrons. The zero-order chi connectivity index (χ0) is 15.2. The maximum Gasteiger partial charge on any atom is 0.407 e. The van der Waals surface area contributed by atoms with E-state index in [-0.39, 0.29) is 18.9 Å². The minimum absolute atomic E-state index is 0.0712. The Balaban J connectivity index is 1.81. The number of amides is 1. The summed E-state index contributed by atoms with van der Waals surface area (Å²) in [5, 5.41) is 11.4. The molecule has 1 aromatic carbocycles. The molecule has 1 amide bonds. The number of ether oxygens (including phenoxy) is 1. The van der Waals surface area contributed by atoms with Crippen molar-refractivity contribution in [2.24, 2.45) is 0 Å². The van der Waals surface area contributed by atoms with Crippen LogP contribution in [0.5, 0.6) is 0 Å². The Hall–Kier alpha value is -2.76. The van der Waals surface area contributed by atoms with Crippen LogP contribution >= 0.6 is 0 Å². The molecule has 0 unspecified atom stereocenters. The first-order valence-corrected chi connectivity index (χ1v) is 6.33. The summed E-state index contributed by atoms with van der Waals surface area (Å²) < 4.78 is 10.1. The molecular formula is C15H15NO5. The summed E-state index contributed by atoms with van der Waals surface area (Å²) in [7, 11) is 0. The van der Waals surface area contributed by atoms with Crippen molar-refractivity contribution in [3.63, 3.8) is 0 Å². The van der Waals surface area contributed by atoms with E-state index in [0.29, 0.717) is 11.3 Å². The number of carbonyl (C=O) groups excluding carboxylic acids is 1. The highest BCUT2D eigenvalue weighted by molar-refractivity contribution is 5.86. The zero-order valence-corrected chi connectivity index (χ0v) is 11.5. The molecule has 6 nitrogen and oxygen atoms in total. The molecule has 2 N–H and O–H groups in total. The van der Waals surface area contributed by atoms with Gasteiger partial charge in [-0.3, -0.25) is 0 Å². The Morgan fingerprint density at radius 1 is 1.29 bits per heavy atom. The Labute approximate surface area is 121 Å². The number of alkyl carbamates (subject to hydrolysis) is 1. The monoisotopic (exact) mass is 289 g/mol. The second-order valence-corrected chi connectivity index (χ2v) is 4.45. The molecule has 1 aromatic heterocycles. The third-order valence-electron chi connectivity index (χ3n) is 2.78. The summed E-state index contributed by atoms with van der Waals surface area (Å²) >= 11 is 0. The second-order valence-electron chi connectivity index (χ2n) is 4.45. The minimum Gasteiger partial charge on any atom is -0.475 e. The van der Waals surface area contributed by atoms with Gasteiger partial charge in [-0.1, -0.05) is 30.3 Å². The van der Waals surface area contributed by atoms with E-state index in [4.69, 9.17) is 14.3 Å². The second kappa shape index (κ2) is 6.60. The van der Waals surface area contributed by atoms with Gasteiger partial charge in [0, 0.05) is 5.56 Å². The largest absolute Gasteiger partial charge is 0.475 e. The number of hydrogen-bond donors (Lipinski definition) is 2. The number of aromatic carboxylic acids is 1. The van der Waals surface area contributed by atoms with Crippen LogP contribution in [0, 0.1) is 6.92 Å². The lowest BCUT2D eigenvalue weighted by atomic mass is 10.2. The molecule has 21 heavy (non-hydrogen) atoms. The van der Waals surface area contributed by atoms with Gasteiger partial charge in [0.1, 0.15) is 12.4 Å². The summed E-state index contributed by atoms with van der Waals surface area (Å²) in [5.41, 5.74) is 1.40. The summed E-state index contributed by atoms with van der Waals surface area (Å²) in [6, 6.07) is 10.9. The fourth-order valence-corrected chi connectivity index (χ4v) is 1.78. The van der Waals surface area contributed by atoms with Crippen molar-refractivity contribution in [2.45, 2.75) is 20.1 Å². The quantitative estimate of drug-likeness (QED) is 0.883. The van der Waals surface area contributed by atoms with Crippen LogP contribution in [-0.2, 0) is 17.9 Å². The van der Waals surface area contributed by atoms with Gasteiger partial charge in [0.2, 0.25) is 5.76 Å². The van der Waals surface area contributed by atoms with E-state index in [2.05, 4.69) is 5.32 Å². The van der Waals surface area contributed by atoms with Gasteiger partial charge in [-0.25, -0.2) is 9.59 Å². The van der Waals surface area contributed by atoms with Gasteiger partial charge in [-0.05, 0) is 18.6 Å². The van der Waals surface area contributed by atoms with Crippen molar-refractivity contribution in [2.75, 3.05) is 0 Å². The summed E-state index contributed by atoms with van der Waals surface area (Å²) in [6.45, 7) is 1.87. The third-order valence-corrected chi connectivity index (χ3v) is 2.78. The third kappa shape index (κ3) is 4.10. The molecule has 2 rings (SSSR count). The molecule has 0 fully saturated rings. The van der Waals surface area contributed by atoms with Crippen LogP contribution in [0.25, 0.3) is 0 Å². The predicted molar refractivity (Wildman–Crippen MR) is 73.9 cm³/mol. The van der Waals surface area contributed by atoms with Crippen molar-refractivity contribution >= 4 is 12.1 Å². The first-order valence-electron chi connectivity index (χ1n) is 6.33. The maximum atomic E-state index is 11.5. The first-order chi connectivity index (χ1) is 10.1. The summed E-state index contributed by atoms with van der Waals surface area (Å²) in [4.78, 5) is 22.4. The van der Waals surface area contributed by atoms with Crippen molar-refractivity contribution in [1.82, 2.24) is 5.32 Å². The highest BCUT2D eigenvalue weighted by Gasteiger charge is 2.14. The number of benzene rings is 1. The van der Waals surface area contributed by atoms with Gasteiger partial charge in [0.05, 0.1) is 6.54 Å². The van der Waals surface area contributed by atoms with Crippen LogP contribution in [-0.4, -0.2) is 17.2 Å². The molecule has 0 aliphatic rings. The lowest BCUT2D eigenvalue weighted by Gasteiger charge is -2.05. The normalized spacial score (nSPS) is 10.1. The van der Waals surface area contributed by atoms with Crippen LogP contribution in [0.1, 0.15) is 27.4 Å². The first kappa shape index (κ1) is 14.6. The van der Waals surface area contributed by atoms with E-state index < -0.39 is 12.1 Å². The Kier molecular flexibility index (Phi) is 4.61. The van der Waals surface area contributed by atoms with Crippen molar-refractivity contribution in [3.8, 4) is 0 Å². The molecule has 0 saturated heterocycles. The van der Waals surface area contributed by atoms with E-state index in [1.165, 1.54) is 0 Å². The number of carboxylic acids is 1. The number of rotatable bonds is 5. The number of furan rings is 1. The van der Waals surface area contributed by atoms with E-state index in [1.54, 1.807) is 13.0 Å². The van der Waals surface area contributed by atoms with Gasteiger partial charge >= 0.3 is 12.1 Å². The molecule has 0 radical (unpaired) electrons. The summed E-state index contributed by atoms with van der Waals surface area (Å²) in [6.07, 6.45) is -0.593. The van der Waals surface area contributed by atoms with Gasteiger partial charge in [-0.15, -0.1) is 0 Å². The number of carbonyl (C=O) groups is 2. The number of aryl methyl sites for hydroxylation is 1. The minimum atomic E-state index is -1.13. The molecule has 1 heterocycles. The van der Waals surface area contributed by atoms with E-state index >= 15 is 0 Å². The number of hydrogen-bond acceptors (Lipinski definition) is 4. The SMILES string of the molecule is Cc1cc(CNC(=O)OCc2ccccc2)oc1C(=O)O. The Bertz CT molecular complexity index is 633. The van der Waals surface area contributed by atoms with Crippen LogP contribution in [0.4, 0.5) is 4.79 Å². The standard InChI is InChI=1S/C15H15NO5/c1-10-7-12(21-13(10)14(17)18)8-16-15(19)20-9-11-5-3-2-4-6-11/h2-7H,8-9H2,1H3,(H,16,19)(H,17,18). The maximum absolute atomic E-state index is 11.5. The van der Waals surface area contributed by atoms with Crippen molar-refractivity contribution in [3.05, 3.63) is 59.0 Å². The Morgan fingerprint density at radius 3 is 2.62 bits per heavy atom. The Morgan fingerprint density at radius 2 is 2.00 bits per heavy atom. The molecule has 0 atom stereocenters. The molecule has 0 aliphatic heterocycles. The zero-order valence-electron chi connectivity index (χ0n) is 11.5. The smallest absolute Gasteiger partial charge is 0.407 e. The number of nitrogens with one attached hydrogen (secondary N) is 1. The topological polar surface area (TPSA) is 88.8 Å². The van der Waals surface area contributed by atoms with Crippen molar-refractivity contribution in [1.29, 1.82) is 0 Å². The molecule has 0 aliphatic carbocycles. The lowest BCUT2D eigenvalue weighted by molar-refractivity contribution is 0.0659. The van der Waals surface area contributed by atoms with E-state index in [1.807, 2.05) is 30.3 Å². The fraction of sp³-hybridized carbons (Fsp3) is 0.200. The van der Waals surface area contributed by atoms with Gasteiger partial charge in [0.25, 0.3) is 0 Å². The number of carboxylic acid groups (broad SMARTS) is 1. The highest BCUT2D eigenvalue weighted by Crippen LogP contribution is 2.14. The van der Waals surface area contributed by atoms with Crippen LogP contribution < -0.4 is 5.32 Å². The average Bonchev–Trinajstić information content (AvgIpc) is 2.85.